The fourth-order valence-electron chi connectivity index (χ4n) is 4.69. The smallest absolute Gasteiger partial charge is 0.191 e. The van der Waals surface area contributed by atoms with Crippen LogP contribution in [0.2, 0.25) is 0 Å². The van der Waals surface area contributed by atoms with Crippen LogP contribution in [0.1, 0.15) is 25.7 Å². The van der Waals surface area contributed by atoms with Crippen molar-refractivity contribution in [1.29, 1.82) is 0 Å². The van der Waals surface area contributed by atoms with Crippen molar-refractivity contribution in [2.24, 2.45) is 4.99 Å². The van der Waals surface area contributed by atoms with Gasteiger partial charge in [0.2, 0.25) is 0 Å². The van der Waals surface area contributed by atoms with Gasteiger partial charge in [-0.25, -0.2) is 0 Å². The number of fused-ring (bicyclic) bond motifs is 2. The van der Waals surface area contributed by atoms with E-state index in [0.717, 1.165) is 63.8 Å². The monoisotopic (exact) mass is 529 g/mol. The van der Waals surface area contributed by atoms with Crippen molar-refractivity contribution in [2.45, 2.75) is 43.9 Å². The molecule has 0 spiro atoms. The van der Waals surface area contributed by atoms with Crippen molar-refractivity contribution in [2.75, 3.05) is 58.3 Å². The number of nitrogens with zero attached hydrogens (tertiary/aromatic N) is 3. The summed E-state index contributed by atoms with van der Waals surface area (Å²) >= 11 is 0. The zero-order valence-corrected chi connectivity index (χ0v) is 20.5. The van der Waals surface area contributed by atoms with Gasteiger partial charge in [-0.1, -0.05) is 0 Å². The van der Waals surface area contributed by atoms with Crippen LogP contribution in [0.3, 0.4) is 0 Å². The average Bonchev–Trinajstić information content (AvgIpc) is 3.39. The van der Waals surface area contributed by atoms with E-state index in [1.807, 2.05) is 19.2 Å². The molecule has 3 atom stereocenters. The Bertz CT molecular complexity index is 679. The first-order chi connectivity index (χ1) is 14.2. The number of aliphatic imine (C=N–C) groups is 1. The largest absolute Gasteiger partial charge is 0.497 e. The number of guanidine groups is 1. The Labute approximate surface area is 197 Å². The molecule has 0 aromatic heterocycles. The average molecular weight is 529 g/mol. The Balaban J connectivity index is 0.00000256. The van der Waals surface area contributed by atoms with Gasteiger partial charge >= 0.3 is 0 Å². The van der Waals surface area contributed by atoms with Crippen LogP contribution in [0.15, 0.2) is 29.3 Å². The van der Waals surface area contributed by atoms with Gasteiger partial charge in [0, 0.05) is 45.5 Å². The molecule has 2 bridgehead atoms. The maximum atomic E-state index is 5.93. The number of benzene rings is 1. The molecule has 1 aromatic rings. The van der Waals surface area contributed by atoms with E-state index in [1.165, 1.54) is 18.5 Å². The summed E-state index contributed by atoms with van der Waals surface area (Å²) in [6, 6.07) is 8.80. The lowest BCUT2D eigenvalue weighted by atomic mass is 9.96. The summed E-state index contributed by atoms with van der Waals surface area (Å²) in [5.74, 6) is 1.83. The standard InChI is InChI=1S/C22H35N5O2.HI/c1-23-22(25-20-16-19-8-9-21(20)29-19)24-10-3-11-26-12-14-27(15-13-26)17-4-6-18(28-2)7-5-17;/h4-7,19-21H,3,8-16H2,1-2H3,(H2,23,24,25);1H. The maximum Gasteiger partial charge on any atom is 0.191 e. The number of methoxy groups -OCH3 is 1. The number of halogens is 1. The summed E-state index contributed by atoms with van der Waals surface area (Å²) in [5.41, 5.74) is 1.28. The third-order valence-electron chi connectivity index (χ3n) is 6.41. The second-order valence-corrected chi connectivity index (χ2v) is 8.24. The minimum Gasteiger partial charge on any atom is -0.497 e. The molecule has 1 aromatic carbocycles. The summed E-state index contributed by atoms with van der Waals surface area (Å²) in [6.07, 6.45) is 5.48. The topological polar surface area (TPSA) is 61.4 Å². The van der Waals surface area contributed by atoms with E-state index in [2.05, 4.69) is 37.6 Å². The minimum absolute atomic E-state index is 0. The minimum atomic E-state index is 0. The molecule has 0 aliphatic carbocycles. The molecule has 3 saturated heterocycles. The van der Waals surface area contributed by atoms with Crippen LogP contribution in [0.5, 0.6) is 5.75 Å². The van der Waals surface area contributed by atoms with Crippen LogP contribution in [0, 0.1) is 0 Å². The summed E-state index contributed by atoms with van der Waals surface area (Å²) in [6.45, 7) is 6.45. The molecule has 0 amide bonds. The van der Waals surface area contributed by atoms with Gasteiger partial charge < -0.3 is 25.0 Å². The lowest BCUT2D eigenvalue weighted by molar-refractivity contribution is 0.0992. The highest BCUT2D eigenvalue weighted by molar-refractivity contribution is 14.0. The molecular weight excluding hydrogens is 493 g/mol. The second-order valence-electron chi connectivity index (χ2n) is 8.24. The third-order valence-corrected chi connectivity index (χ3v) is 6.41. The number of ether oxygens (including phenoxy) is 2. The molecule has 3 unspecified atom stereocenters. The first kappa shape index (κ1) is 23.4. The summed E-state index contributed by atoms with van der Waals surface area (Å²) < 4.78 is 11.2. The SMILES string of the molecule is CN=C(NCCCN1CCN(c2ccc(OC)cc2)CC1)NC1CC2CCC1O2.I. The van der Waals surface area contributed by atoms with Crippen molar-refractivity contribution >= 4 is 35.6 Å². The van der Waals surface area contributed by atoms with E-state index in [-0.39, 0.29) is 24.0 Å². The third kappa shape index (κ3) is 5.91. The molecular formula is C22H36IN5O2. The molecule has 2 N–H and O–H groups in total. The molecule has 8 heteroatoms. The van der Waals surface area contributed by atoms with Gasteiger partial charge in [0.15, 0.2) is 5.96 Å². The van der Waals surface area contributed by atoms with Crippen molar-refractivity contribution < 1.29 is 9.47 Å². The molecule has 30 heavy (non-hydrogen) atoms. The van der Waals surface area contributed by atoms with Crippen LogP contribution in [-0.2, 0) is 4.74 Å². The van der Waals surface area contributed by atoms with E-state index in [0.29, 0.717) is 18.2 Å². The lowest BCUT2D eigenvalue weighted by Crippen LogP contribution is -2.49. The molecule has 3 fully saturated rings. The van der Waals surface area contributed by atoms with Crippen LogP contribution < -0.4 is 20.3 Å². The van der Waals surface area contributed by atoms with Crippen molar-refractivity contribution in [3.63, 3.8) is 0 Å². The number of anilines is 1. The van der Waals surface area contributed by atoms with Crippen molar-refractivity contribution in [3.8, 4) is 5.75 Å². The first-order valence-corrected chi connectivity index (χ1v) is 11.0. The molecule has 3 aliphatic heterocycles. The molecule has 3 heterocycles. The van der Waals surface area contributed by atoms with E-state index in [1.54, 1.807) is 7.11 Å². The first-order valence-electron chi connectivity index (χ1n) is 11.0. The summed E-state index contributed by atoms with van der Waals surface area (Å²) in [7, 11) is 3.56. The van der Waals surface area contributed by atoms with E-state index in [4.69, 9.17) is 9.47 Å². The van der Waals surface area contributed by atoms with Crippen LogP contribution >= 0.6 is 24.0 Å². The van der Waals surface area contributed by atoms with Crippen LogP contribution in [0.4, 0.5) is 5.69 Å². The van der Waals surface area contributed by atoms with Gasteiger partial charge in [-0.3, -0.25) is 9.89 Å². The van der Waals surface area contributed by atoms with Crippen molar-refractivity contribution in [1.82, 2.24) is 15.5 Å². The molecule has 7 nitrogen and oxygen atoms in total. The number of hydrogen-bond acceptors (Lipinski definition) is 5. The van der Waals surface area contributed by atoms with E-state index in [9.17, 15) is 0 Å². The van der Waals surface area contributed by atoms with E-state index >= 15 is 0 Å². The number of rotatable bonds is 7. The van der Waals surface area contributed by atoms with E-state index < -0.39 is 0 Å². The second kappa shape index (κ2) is 11.4. The predicted molar refractivity (Wildman–Crippen MR) is 132 cm³/mol. The quantitative estimate of drug-likeness (QED) is 0.245. The summed E-state index contributed by atoms with van der Waals surface area (Å²) in [5, 5.41) is 7.03. The van der Waals surface area contributed by atoms with Gasteiger partial charge in [-0.15, -0.1) is 24.0 Å². The Morgan fingerprint density at radius 2 is 1.93 bits per heavy atom. The Kier molecular flexibility index (Phi) is 8.88. The number of hydrogen-bond donors (Lipinski definition) is 2. The molecule has 3 aliphatic rings. The van der Waals surface area contributed by atoms with Crippen LogP contribution in [-0.4, -0.2) is 82.5 Å². The fourth-order valence-corrected chi connectivity index (χ4v) is 4.69. The highest BCUT2D eigenvalue weighted by Crippen LogP contribution is 2.34. The Morgan fingerprint density at radius 1 is 1.17 bits per heavy atom. The summed E-state index contributed by atoms with van der Waals surface area (Å²) in [4.78, 5) is 9.40. The van der Waals surface area contributed by atoms with Gasteiger partial charge in [0.25, 0.3) is 0 Å². The van der Waals surface area contributed by atoms with Gasteiger partial charge in [-0.05, 0) is 56.5 Å². The fraction of sp³-hybridized carbons (Fsp3) is 0.682. The zero-order valence-electron chi connectivity index (χ0n) is 18.2. The Morgan fingerprint density at radius 3 is 2.53 bits per heavy atom. The lowest BCUT2D eigenvalue weighted by Gasteiger charge is -2.36. The Hall–Kier alpha value is -1.26. The highest BCUT2D eigenvalue weighted by atomic mass is 127. The van der Waals surface area contributed by atoms with Gasteiger partial charge in [0.1, 0.15) is 5.75 Å². The predicted octanol–water partition coefficient (Wildman–Crippen LogP) is 2.31. The normalized spacial score (nSPS) is 26.4. The van der Waals surface area contributed by atoms with Gasteiger partial charge in [0.05, 0.1) is 25.4 Å². The molecule has 4 rings (SSSR count). The van der Waals surface area contributed by atoms with Gasteiger partial charge in [-0.2, -0.15) is 0 Å². The molecule has 0 saturated carbocycles. The molecule has 168 valence electrons. The highest BCUT2D eigenvalue weighted by Gasteiger charge is 2.41. The zero-order chi connectivity index (χ0) is 20.1. The number of piperazine rings is 1. The number of nitrogens with one attached hydrogen (secondary N) is 2. The maximum absolute atomic E-state index is 5.93. The van der Waals surface area contributed by atoms with Crippen molar-refractivity contribution in [3.05, 3.63) is 24.3 Å². The molecule has 0 radical (unpaired) electrons. The van der Waals surface area contributed by atoms with Crippen LogP contribution in [0.25, 0.3) is 0 Å².